The summed E-state index contributed by atoms with van der Waals surface area (Å²) in [7, 11) is 1.59. The molecule has 0 unspecified atom stereocenters. The molecular weight excluding hydrogens is 511 g/mol. The van der Waals surface area contributed by atoms with E-state index in [0.717, 1.165) is 44.0 Å². The first-order valence-corrected chi connectivity index (χ1v) is 10.7. The fraction of sp³-hybridized carbons (Fsp3) is 0.636. The first kappa shape index (κ1) is 27.3. The molecule has 1 aliphatic rings. The number of guanidine groups is 1. The van der Waals surface area contributed by atoms with E-state index in [1.54, 1.807) is 7.11 Å². The van der Waals surface area contributed by atoms with Gasteiger partial charge in [0, 0.05) is 31.6 Å². The Hall–Kier alpha value is -1.75. The van der Waals surface area contributed by atoms with Crippen molar-refractivity contribution in [2.45, 2.75) is 46.2 Å². The second-order valence-corrected chi connectivity index (χ2v) is 7.65. The minimum atomic E-state index is -0.0442. The molecule has 9 heteroatoms. The summed E-state index contributed by atoms with van der Waals surface area (Å²) in [6.07, 6.45) is 1.82. The zero-order chi connectivity index (χ0) is 21.9. The maximum Gasteiger partial charge on any atom is 0.225 e. The molecule has 1 aromatic carbocycles. The zero-order valence-electron chi connectivity index (χ0n) is 19.0. The van der Waals surface area contributed by atoms with Crippen molar-refractivity contribution in [1.82, 2.24) is 15.5 Å². The lowest BCUT2D eigenvalue weighted by atomic mass is 10.0. The number of piperidine rings is 1. The first-order valence-electron chi connectivity index (χ1n) is 10.7. The summed E-state index contributed by atoms with van der Waals surface area (Å²) >= 11 is 0. The third-order valence-corrected chi connectivity index (χ3v) is 4.98. The number of aliphatic hydroxyl groups excluding tert-OH is 1. The summed E-state index contributed by atoms with van der Waals surface area (Å²) in [5.41, 5.74) is 0.998. The molecule has 31 heavy (non-hydrogen) atoms. The van der Waals surface area contributed by atoms with Crippen LogP contribution < -0.4 is 20.1 Å². The second-order valence-electron chi connectivity index (χ2n) is 7.65. The summed E-state index contributed by atoms with van der Waals surface area (Å²) in [4.78, 5) is 18.8. The number of methoxy groups -OCH3 is 1. The van der Waals surface area contributed by atoms with Crippen molar-refractivity contribution in [3.05, 3.63) is 23.8 Å². The molecule has 1 aromatic rings. The van der Waals surface area contributed by atoms with Crippen molar-refractivity contribution in [2.75, 3.05) is 40.0 Å². The summed E-state index contributed by atoms with van der Waals surface area (Å²) in [6, 6.07) is 5.97. The van der Waals surface area contributed by atoms with Crippen LogP contribution >= 0.6 is 24.0 Å². The molecule has 0 bridgehead atoms. The number of benzene rings is 1. The molecule has 1 fully saturated rings. The van der Waals surface area contributed by atoms with Gasteiger partial charge in [-0.05, 0) is 37.5 Å². The van der Waals surface area contributed by atoms with Gasteiger partial charge in [-0.3, -0.25) is 4.79 Å². The number of hydrogen-bond donors (Lipinski definition) is 3. The van der Waals surface area contributed by atoms with E-state index >= 15 is 0 Å². The molecule has 0 spiro atoms. The van der Waals surface area contributed by atoms with Gasteiger partial charge < -0.3 is 30.1 Å². The van der Waals surface area contributed by atoms with Gasteiger partial charge in [-0.25, -0.2) is 4.99 Å². The molecule has 3 N–H and O–H groups in total. The molecule has 176 valence electrons. The normalized spacial score (nSPS) is 14.8. The van der Waals surface area contributed by atoms with E-state index in [4.69, 9.17) is 19.6 Å². The molecule has 0 aromatic heterocycles. The highest BCUT2D eigenvalue weighted by atomic mass is 127. The third kappa shape index (κ3) is 8.72. The highest BCUT2D eigenvalue weighted by Gasteiger charge is 2.24. The van der Waals surface area contributed by atoms with Crippen LogP contribution in [0.5, 0.6) is 11.5 Å². The van der Waals surface area contributed by atoms with Gasteiger partial charge in [0.25, 0.3) is 0 Å². The Morgan fingerprint density at radius 3 is 2.58 bits per heavy atom. The zero-order valence-corrected chi connectivity index (χ0v) is 21.3. The maximum atomic E-state index is 12.2. The van der Waals surface area contributed by atoms with Gasteiger partial charge in [0.05, 0.1) is 20.3 Å². The number of nitrogens with one attached hydrogen (secondary N) is 2. The summed E-state index contributed by atoms with van der Waals surface area (Å²) in [5.74, 6) is 2.27. The average Bonchev–Trinajstić information content (AvgIpc) is 2.76. The van der Waals surface area contributed by atoms with Crippen LogP contribution in [0.4, 0.5) is 0 Å². The highest BCUT2D eigenvalue weighted by Crippen LogP contribution is 2.28. The summed E-state index contributed by atoms with van der Waals surface area (Å²) in [6.45, 7) is 8.94. The van der Waals surface area contributed by atoms with Crippen molar-refractivity contribution >= 4 is 35.8 Å². The van der Waals surface area contributed by atoms with Crippen molar-refractivity contribution in [1.29, 1.82) is 0 Å². The van der Waals surface area contributed by atoms with Crippen molar-refractivity contribution in [3.8, 4) is 11.5 Å². The summed E-state index contributed by atoms with van der Waals surface area (Å²) < 4.78 is 10.9. The third-order valence-electron chi connectivity index (χ3n) is 4.98. The van der Waals surface area contributed by atoms with Crippen LogP contribution in [0.25, 0.3) is 0 Å². The van der Waals surface area contributed by atoms with E-state index in [-0.39, 0.29) is 49.0 Å². The maximum absolute atomic E-state index is 12.2. The van der Waals surface area contributed by atoms with E-state index in [2.05, 4.69) is 10.6 Å². The molecule has 1 saturated heterocycles. The van der Waals surface area contributed by atoms with Gasteiger partial charge in [-0.2, -0.15) is 0 Å². The fourth-order valence-corrected chi connectivity index (χ4v) is 3.38. The standard InChI is InChI=1S/C22H36N4O4.HI/c1-5-23-22(25-18-8-10-26(11-9-18)21(28)16(2)3)24-15-17-6-7-19(30-13-12-27)20(14-17)29-4;/h6-7,14,16,18,27H,5,8-13,15H2,1-4H3,(H2,23,24,25);1H. The number of aliphatic hydroxyl groups is 1. The molecule has 1 aliphatic heterocycles. The predicted octanol–water partition coefficient (Wildman–Crippen LogP) is 2.39. The van der Waals surface area contributed by atoms with Gasteiger partial charge in [0.15, 0.2) is 17.5 Å². The number of nitrogens with zero attached hydrogens (tertiary/aromatic N) is 2. The van der Waals surface area contributed by atoms with E-state index < -0.39 is 0 Å². The lowest BCUT2D eigenvalue weighted by Crippen LogP contribution is -2.50. The largest absolute Gasteiger partial charge is 0.493 e. The number of likely N-dealkylation sites (tertiary alicyclic amines) is 1. The van der Waals surface area contributed by atoms with E-state index in [1.165, 1.54) is 0 Å². The molecule has 0 atom stereocenters. The van der Waals surface area contributed by atoms with Crippen LogP contribution in [0.1, 0.15) is 39.2 Å². The lowest BCUT2D eigenvalue weighted by molar-refractivity contribution is -0.135. The average molecular weight is 548 g/mol. The summed E-state index contributed by atoms with van der Waals surface area (Å²) in [5, 5.41) is 15.7. The Balaban J connectivity index is 0.00000480. The van der Waals surface area contributed by atoms with Crippen LogP contribution in [0.3, 0.4) is 0 Å². The van der Waals surface area contributed by atoms with Gasteiger partial charge >= 0.3 is 0 Å². The Kier molecular flexibility index (Phi) is 12.6. The molecule has 0 radical (unpaired) electrons. The second kappa shape index (κ2) is 14.3. The van der Waals surface area contributed by atoms with Crippen molar-refractivity contribution in [2.24, 2.45) is 10.9 Å². The Morgan fingerprint density at radius 2 is 2.00 bits per heavy atom. The van der Waals surface area contributed by atoms with Gasteiger partial charge in [0.2, 0.25) is 5.91 Å². The van der Waals surface area contributed by atoms with Gasteiger partial charge in [-0.15, -0.1) is 24.0 Å². The number of carbonyl (C=O) groups is 1. The van der Waals surface area contributed by atoms with Crippen molar-refractivity contribution < 1.29 is 19.4 Å². The van der Waals surface area contributed by atoms with Crippen LogP contribution in [-0.2, 0) is 11.3 Å². The van der Waals surface area contributed by atoms with Crippen LogP contribution in [0.15, 0.2) is 23.2 Å². The number of hydrogen-bond acceptors (Lipinski definition) is 5. The molecule has 1 heterocycles. The van der Waals surface area contributed by atoms with Crippen LogP contribution in [0, 0.1) is 5.92 Å². The first-order chi connectivity index (χ1) is 14.5. The van der Waals surface area contributed by atoms with E-state index in [1.807, 2.05) is 43.9 Å². The predicted molar refractivity (Wildman–Crippen MR) is 133 cm³/mol. The molecular formula is C22H37IN4O4. The molecule has 1 amide bonds. The van der Waals surface area contributed by atoms with Crippen LogP contribution in [-0.4, -0.2) is 67.9 Å². The Labute approximate surface area is 202 Å². The van der Waals surface area contributed by atoms with Crippen LogP contribution in [0.2, 0.25) is 0 Å². The highest BCUT2D eigenvalue weighted by molar-refractivity contribution is 14.0. The number of halogens is 1. The Morgan fingerprint density at radius 1 is 1.29 bits per heavy atom. The lowest BCUT2D eigenvalue weighted by Gasteiger charge is -2.34. The Bertz CT molecular complexity index is 707. The molecule has 0 aliphatic carbocycles. The topological polar surface area (TPSA) is 95.4 Å². The number of amides is 1. The molecule has 8 nitrogen and oxygen atoms in total. The van der Waals surface area contributed by atoms with E-state index in [0.29, 0.717) is 24.1 Å². The number of aliphatic imine (C=N–C) groups is 1. The van der Waals surface area contributed by atoms with Gasteiger partial charge in [0.1, 0.15) is 6.61 Å². The minimum Gasteiger partial charge on any atom is -0.493 e. The molecule has 0 saturated carbocycles. The number of rotatable bonds is 9. The molecule has 2 rings (SSSR count). The number of carbonyl (C=O) groups excluding carboxylic acids is 1. The monoisotopic (exact) mass is 548 g/mol. The SMILES string of the molecule is CCNC(=NCc1ccc(OCCO)c(OC)c1)NC1CCN(C(=O)C(C)C)CC1.I. The fourth-order valence-electron chi connectivity index (χ4n) is 3.38. The van der Waals surface area contributed by atoms with Gasteiger partial charge in [-0.1, -0.05) is 19.9 Å². The van der Waals surface area contributed by atoms with E-state index in [9.17, 15) is 4.79 Å². The quantitative estimate of drug-likeness (QED) is 0.249. The number of ether oxygens (including phenoxy) is 2. The smallest absolute Gasteiger partial charge is 0.225 e. The minimum absolute atomic E-state index is 0. The van der Waals surface area contributed by atoms with Crippen molar-refractivity contribution in [3.63, 3.8) is 0 Å².